The third-order valence-corrected chi connectivity index (χ3v) is 4.81. The van der Waals surface area contributed by atoms with Crippen molar-refractivity contribution in [3.05, 3.63) is 40.1 Å². The van der Waals surface area contributed by atoms with Crippen LogP contribution in [0.15, 0.2) is 33.3 Å². The lowest BCUT2D eigenvalue weighted by molar-refractivity contribution is -0.115. The van der Waals surface area contributed by atoms with E-state index < -0.39 is 5.25 Å². The first-order chi connectivity index (χ1) is 11.3. The molecule has 2 amide bonds. The second-order valence-electron chi connectivity index (χ2n) is 5.27. The van der Waals surface area contributed by atoms with E-state index in [0.717, 1.165) is 15.7 Å². The lowest BCUT2D eigenvalue weighted by Gasteiger charge is -2.11. The van der Waals surface area contributed by atoms with Crippen molar-refractivity contribution >= 4 is 51.0 Å². The summed E-state index contributed by atoms with van der Waals surface area (Å²) in [7, 11) is 0. The summed E-state index contributed by atoms with van der Waals surface area (Å²) in [5, 5.41) is 8.81. The molecule has 2 rings (SSSR count). The zero-order valence-electron chi connectivity index (χ0n) is 13.6. The van der Waals surface area contributed by atoms with E-state index in [-0.39, 0.29) is 17.6 Å². The monoisotopic (exact) mass is 411 g/mol. The normalized spacial score (nSPS) is 11.8. The van der Waals surface area contributed by atoms with E-state index in [1.807, 2.05) is 25.1 Å². The van der Waals surface area contributed by atoms with Gasteiger partial charge in [-0.15, -0.1) is 11.8 Å². The molecular formula is C16H18BrN3O3S. The highest BCUT2D eigenvalue weighted by Crippen LogP contribution is 2.21. The fourth-order valence-electron chi connectivity index (χ4n) is 1.88. The first kappa shape index (κ1) is 18.5. The molecule has 24 heavy (non-hydrogen) atoms. The number of carbonyl (C=O) groups is 2. The third kappa shape index (κ3) is 5.38. The van der Waals surface area contributed by atoms with Crippen molar-refractivity contribution < 1.29 is 14.1 Å². The molecule has 128 valence electrons. The van der Waals surface area contributed by atoms with Gasteiger partial charge in [0.15, 0.2) is 5.82 Å². The second-order valence-corrected chi connectivity index (χ2v) is 7.52. The van der Waals surface area contributed by atoms with Crippen molar-refractivity contribution in [2.75, 3.05) is 16.4 Å². The topological polar surface area (TPSA) is 84.2 Å². The summed E-state index contributed by atoms with van der Waals surface area (Å²) in [5.74, 6) is 0.806. The smallest absolute Gasteiger partial charge is 0.238 e. The van der Waals surface area contributed by atoms with E-state index in [0.29, 0.717) is 11.6 Å². The van der Waals surface area contributed by atoms with Crippen LogP contribution in [-0.2, 0) is 9.59 Å². The molecule has 1 atom stereocenters. The van der Waals surface area contributed by atoms with E-state index in [4.69, 9.17) is 4.52 Å². The Balaban J connectivity index is 1.81. The lowest BCUT2D eigenvalue weighted by atomic mass is 10.2. The minimum Gasteiger partial charge on any atom is -0.360 e. The number of aromatic nitrogens is 1. The van der Waals surface area contributed by atoms with Crippen LogP contribution in [0.4, 0.5) is 11.5 Å². The maximum Gasteiger partial charge on any atom is 0.238 e. The number of benzene rings is 1. The van der Waals surface area contributed by atoms with E-state index in [9.17, 15) is 9.59 Å². The average molecular weight is 412 g/mol. The van der Waals surface area contributed by atoms with Gasteiger partial charge in [0, 0.05) is 16.2 Å². The molecule has 0 aliphatic carbocycles. The lowest BCUT2D eigenvalue weighted by Crippen LogP contribution is -2.25. The molecule has 0 aliphatic heterocycles. The van der Waals surface area contributed by atoms with Gasteiger partial charge in [-0.3, -0.25) is 9.59 Å². The number of carbonyl (C=O) groups excluding carboxylic acids is 2. The van der Waals surface area contributed by atoms with Gasteiger partial charge in [-0.25, -0.2) is 0 Å². The highest BCUT2D eigenvalue weighted by atomic mass is 79.9. The van der Waals surface area contributed by atoms with E-state index in [1.54, 1.807) is 19.9 Å². The largest absolute Gasteiger partial charge is 0.360 e. The predicted octanol–water partition coefficient (Wildman–Crippen LogP) is 3.75. The summed E-state index contributed by atoms with van der Waals surface area (Å²) < 4.78 is 5.85. The number of aryl methyl sites for hydroxylation is 2. The summed E-state index contributed by atoms with van der Waals surface area (Å²) in [4.78, 5) is 24.1. The van der Waals surface area contributed by atoms with Gasteiger partial charge < -0.3 is 15.2 Å². The summed E-state index contributed by atoms with van der Waals surface area (Å²) in [6, 6.07) is 7.27. The zero-order valence-corrected chi connectivity index (χ0v) is 16.0. The van der Waals surface area contributed by atoms with Crippen LogP contribution in [0.1, 0.15) is 18.2 Å². The summed E-state index contributed by atoms with van der Waals surface area (Å²) in [6.07, 6.45) is 0. The summed E-state index contributed by atoms with van der Waals surface area (Å²) in [6.45, 7) is 5.41. The van der Waals surface area contributed by atoms with Crippen LogP contribution in [-0.4, -0.2) is 28.0 Å². The molecule has 1 aromatic heterocycles. The maximum absolute atomic E-state index is 12.0. The van der Waals surface area contributed by atoms with E-state index >= 15 is 0 Å². The van der Waals surface area contributed by atoms with Gasteiger partial charge in [0.2, 0.25) is 11.8 Å². The van der Waals surface area contributed by atoms with Crippen molar-refractivity contribution in [1.82, 2.24) is 5.16 Å². The Bertz CT molecular complexity index is 748. The molecular weight excluding hydrogens is 394 g/mol. The highest BCUT2D eigenvalue weighted by Gasteiger charge is 2.17. The number of nitrogens with one attached hydrogen (secondary N) is 2. The Morgan fingerprint density at radius 2 is 2.04 bits per heavy atom. The van der Waals surface area contributed by atoms with Crippen LogP contribution in [0.2, 0.25) is 0 Å². The number of anilines is 2. The van der Waals surface area contributed by atoms with Gasteiger partial charge in [-0.05, 0) is 44.5 Å². The van der Waals surface area contributed by atoms with Gasteiger partial charge >= 0.3 is 0 Å². The molecule has 1 heterocycles. The Labute approximate surface area is 152 Å². The molecule has 0 bridgehead atoms. The first-order valence-electron chi connectivity index (χ1n) is 7.27. The van der Waals surface area contributed by atoms with Gasteiger partial charge in [0.1, 0.15) is 5.76 Å². The molecule has 8 heteroatoms. The van der Waals surface area contributed by atoms with Crippen LogP contribution >= 0.6 is 27.7 Å². The molecule has 0 saturated carbocycles. The van der Waals surface area contributed by atoms with Gasteiger partial charge in [0.25, 0.3) is 0 Å². The molecule has 1 unspecified atom stereocenters. The molecule has 2 aromatic rings. The Kier molecular flexibility index (Phi) is 6.44. The molecule has 1 aromatic carbocycles. The van der Waals surface area contributed by atoms with Crippen LogP contribution in [0.5, 0.6) is 0 Å². The number of rotatable bonds is 6. The maximum atomic E-state index is 12.0. The Morgan fingerprint density at radius 3 is 2.67 bits per heavy atom. The summed E-state index contributed by atoms with van der Waals surface area (Å²) >= 11 is 4.64. The number of halogens is 1. The van der Waals surface area contributed by atoms with Crippen molar-refractivity contribution in [3.63, 3.8) is 0 Å². The Hall–Kier alpha value is -1.80. The number of thioether (sulfide) groups is 1. The van der Waals surface area contributed by atoms with Crippen molar-refractivity contribution in [2.45, 2.75) is 26.0 Å². The SMILES string of the molecule is Cc1cc(NC(=O)C(C)SCC(=O)Nc2ccc(Br)cc2C)no1. The van der Waals surface area contributed by atoms with Crippen LogP contribution < -0.4 is 10.6 Å². The fourth-order valence-corrected chi connectivity index (χ4v) is 3.04. The minimum absolute atomic E-state index is 0.151. The zero-order chi connectivity index (χ0) is 17.7. The van der Waals surface area contributed by atoms with Gasteiger partial charge in [-0.1, -0.05) is 21.1 Å². The van der Waals surface area contributed by atoms with E-state index in [2.05, 4.69) is 31.7 Å². The fraction of sp³-hybridized carbons (Fsp3) is 0.312. The molecule has 0 aliphatic rings. The van der Waals surface area contributed by atoms with Crippen molar-refractivity contribution in [1.29, 1.82) is 0 Å². The molecule has 0 radical (unpaired) electrons. The molecule has 0 fully saturated rings. The minimum atomic E-state index is -0.390. The van der Waals surface area contributed by atoms with Gasteiger partial charge in [0.05, 0.1) is 11.0 Å². The average Bonchev–Trinajstić information content (AvgIpc) is 2.92. The second kappa shape index (κ2) is 8.34. The molecule has 0 spiro atoms. The summed E-state index contributed by atoms with van der Waals surface area (Å²) in [5.41, 5.74) is 1.73. The van der Waals surface area contributed by atoms with Crippen LogP contribution in [0.3, 0.4) is 0 Å². The molecule has 0 saturated heterocycles. The molecule has 2 N–H and O–H groups in total. The first-order valence-corrected chi connectivity index (χ1v) is 9.11. The number of amides is 2. The van der Waals surface area contributed by atoms with Crippen molar-refractivity contribution in [3.8, 4) is 0 Å². The third-order valence-electron chi connectivity index (χ3n) is 3.18. The van der Waals surface area contributed by atoms with Gasteiger partial charge in [-0.2, -0.15) is 0 Å². The number of hydrogen-bond donors (Lipinski definition) is 2. The quantitative estimate of drug-likeness (QED) is 0.755. The number of hydrogen-bond acceptors (Lipinski definition) is 5. The Morgan fingerprint density at radius 1 is 1.29 bits per heavy atom. The molecule has 6 nitrogen and oxygen atoms in total. The van der Waals surface area contributed by atoms with Crippen LogP contribution in [0, 0.1) is 13.8 Å². The van der Waals surface area contributed by atoms with Crippen LogP contribution in [0.25, 0.3) is 0 Å². The highest BCUT2D eigenvalue weighted by molar-refractivity contribution is 9.10. The predicted molar refractivity (Wildman–Crippen MR) is 99.3 cm³/mol. The van der Waals surface area contributed by atoms with Crippen molar-refractivity contribution in [2.24, 2.45) is 0 Å². The number of nitrogens with zero attached hydrogens (tertiary/aromatic N) is 1. The standard InChI is InChI=1S/C16H18BrN3O3S/c1-9-6-12(17)4-5-13(9)18-15(21)8-24-11(3)16(22)19-14-7-10(2)23-20-14/h4-7,11H,8H2,1-3H3,(H,18,21)(H,19,20,22). The van der Waals surface area contributed by atoms with E-state index in [1.165, 1.54) is 11.8 Å².